The number of nitrogens with zero attached hydrogens (tertiary/aromatic N) is 2. The zero-order valence-electron chi connectivity index (χ0n) is 18.5. The zero-order valence-corrected chi connectivity index (χ0v) is 19.3. The van der Waals surface area contributed by atoms with E-state index in [0.717, 1.165) is 5.56 Å². The maximum atomic E-state index is 13.3. The van der Waals surface area contributed by atoms with Crippen LogP contribution in [0.3, 0.4) is 0 Å². The van der Waals surface area contributed by atoms with Crippen molar-refractivity contribution in [3.8, 4) is 0 Å². The largest absolute Gasteiger partial charge is 0.416 e. The van der Waals surface area contributed by atoms with Gasteiger partial charge in [0.05, 0.1) is 24.3 Å². The molecule has 4 nitrogen and oxygen atoms in total. The average molecular weight is 521 g/mol. The van der Waals surface area contributed by atoms with E-state index >= 15 is 0 Å². The summed E-state index contributed by atoms with van der Waals surface area (Å²) < 4.78 is 85.2. The zero-order chi connectivity index (χ0) is 25.4. The number of carbonyl (C=O) groups excluding carboxylic acids is 1. The molecule has 2 aliphatic rings. The second-order valence-corrected chi connectivity index (χ2v) is 9.14. The number of carbonyl (C=O) groups is 1. The van der Waals surface area contributed by atoms with Crippen molar-refractivity contribution in [2.75, 3.05) is 39.4 Å². The van der Waals surface area contributed by atoms with Crippen molar-refractivity contribution >= 4 is 17.5 Å². The molecule has 2 heterocycles. The predicted octanol–water partition coefficient (Wildman–Crippen LogP) is 5.71. The van der Waals surface area contributed by atoms with Crippen LogP contribution in [0.25, 0.3) is 0 Å². The quantitative estimate of drug-likeness (QED) is 0.486. The molecule has 2 unspecified atom stereocenters. The normalized spacial score (nSPS) is 22.3. The molecule has 1 amide bonds. The van der Waals surface area contributed by atoms with E-state index in [9.17, 15) is 31.1 Å². The van der Waals surface area contributed by atoms with Crippen LogP contribution in [0, 0.1) is 0 Å². The van der Waals surface area contributed by atoms with Crippen LogP contribution in [-0.2, 0) is 17.1 Å². The second-order valence-electron chi connectivity index (χ2n) is 8.71. The summed E-state index contributed by atoms with van der Waals surface area (Å²) in [4.78, 5) is 16.8. The van der Waals surface area contributed by atoms with E-state index < -0.39 is 35.0 Å². The predicted molar refractivity (Wildman–Crippen MR) is 117 cm³/mol. The second kappa shape index (κ2) is 9.99. The van der Waals surface area contributed by atoms with Gasteiger partial charge in [-0.1, -0.05) is 23.7 Å². The Labute approximate surface area is 203 Å². The summed E-state index contributed by atoms with van der Waals surface area (Å²) >= 11 is 6.02. The van der Waals surface area contributed by atoms with Crippen LogP contribution < -0.4 is 0 Å². The molecular formula is C24H23ClF6N2O2. The van der Waals surface area contributed by atoms with Crippen LogP contribution in [0.1, 0.15) is 39.4 Å². The average Bonchev–Trinajstić information content (AvgIpc) is 2.83. The van der Waals surface area contributed by atoms with Crippen LogP contribution in [0.5, 0.6) is 0 Å². The van der Waals surface area contributed by atoms with E-state index in [0.29, 0.717) is 49.9 Å². The Kier molecular flexibility index (Phi) is 7.36. The molecule has 2 aliphatic heterocycles. The lowest BCUT2D eigenvalue weighted by atomic mass is 9.84. The monoisotopic (exact) mass is 520 g/mol. The Morgan fingerprint density at radius 2 is 1.46 bits per heavy atom. The Morgan fingerprint density at radius 1 is 0.886 bits per heavy atom. The topological polar surface area (TPSA) is 32.8 Å². The summed E-state index contributed by atoms with van der Waals surface area (Å²) in [7, 11) is 0. The number of hydrogen-bond donors (Lipinski definition) is 0. The van der Waals surface area contributed by atoms with Crippen molar-refractivity contribution < 1.29 is 35.9 Å². The fourth-order valence-corrected chi connectivity index (χ4v) is 4.89. The molecule has 2 fully saturated rings. The summed E-state index contributed by atoms with van der Waals surface area (Å²) in [5.74, 6) is -1.06. The Balaban J connectivity index is 1.65. The Bertz CT molecular complexity index is 1020. The number of ether oxygens (including phenoxy) is 1. The van der Waals surface area contributed by atoms with Gasteiger partial charge >= 0.3 is 12.4 Å². The molecule has 0 aromatic heterocycles. The lowest BCUT2D eigenvalue weighted by Crippen LogP contribution is -2.54. The first-order chi connectivity index (χ1) is 16.4. The molecule has 35 heavy (non-hydrogen) atoms. The van der Waals surface area contributed by atoms with Gasteiger partial charge in [-0.2, -0.15) is 26.3 Å². The molecule has 2 atom stereocenters. The van der Waals surface area contributed by atoms with Crippen molar-refractivity contribution in [1.29, 1.82) is 0 Å². The number of alkyl halides is 6. The molecule has 11 heteroatoms. The molecule has 2 saturated heterocycles. The molecule has 2 aromatic rings. The molecule has 4 rings (SSSR count). The summed E-state index contributed by atoms with van der Waals surface area (Å²) in [6.45, 7) is 2.90. The smallest absolute Gasteiger partial charge is 0.379 e. The van der Waals surface area contributed by atoms with Gasteiger partial charge < -0.3 is 9.64 Å². The Hall–Kier alpha value is -2.30. The molecule has 0 spiro atoms. The maximum absolute atomic E-state index is 13.3. The van der Waals surface area contributed by atoms with Crippen LogP contribution in [0.15, 0.2) is 42.5 Å². The Morgan fingerprint density at radius 3 is 2.00 bits per heavy atom. The third-order valence-corrected chi connectivity index (χ3v) is 6.76. The van der Waals surface area contributed by atoms with E-state index in [1.165, 1.54) is 4.90 Å². The number of amides is 1. The highest BCUT2D eigenvalue weighted by Crippen LogP contribution is 2.38. The number of benzene rings is 2. The van der Waals surface area contributed by atoms with E-state index in [4.69, 9.17) is 16.3 Å². The molecule has 0 saturated carbocycles. The number of piperidine rings is 1. The van der Waals surface area contributed by atoms with Gasteiger partial charge in [0.15, 0.2) is 0 Å². The molecular weight excluding hydrogens is 498 g/mol. The van der Waals surface area contributed by atoms with Crippen molar-refractivity contribution in [2.45, 2.75) is 30.7 Å². The van der Waals surface area contributed by atoms with Gasteiger partial charge in [0.1, 0.15) is 0 Å². The highest BCUT2D eigenvalue weighted by Gasteiger charge is 2.40. The van der Waals surface area contributed by atoms with Gasteiger partial charge in [-0.3, -0.25) is 9.69 Å². The van der Waals surface area contributed by atoms with E-state index in [1.54, 1.807) is 12.1 Å². The van der Waals surface area contributed by atoms with E-state index in [-0.39, 0.29) is 31.1 Å². The van der Waals surface area contributed by atoms with Crippen LogP contribution in [0.4, 0.5) is 26.3 Å². The molecule has 0 N–H and O–H groups in total. The van der Waals surface area contributed by atoms with Gasteiger partial charge in [0.2, 0.25) is 0 Å². The van der Waals surface area contributed by atoms with Crippen molar-refractivity contribution in [3.05, 3.63) is 69.7 Å². The standard InChI is InChI=1S/C24H23ClF6N2O2/c25-19-3-1-15(2-4-19)20-14-33(6-5-21(20)32-7-9-35-10-8-32)22(34)16-11-17(23(26,27)28)13-18(12-16)24(29,30)31/h1-4,11-13,20-21H,5-10,14H2. The first kappa shape index (κ1) is 25.8. The van der Waals surface area contributed by atoms with Crippen molar-refractivity contribution in [2.24, 2.45) is 0 Å². The fraction of sp³-hybridized carbons (Fsp3) is 0.458. The molecule has 0 radical (unpaired) electrons. The van der Waals surface area contributed by atoms with Gasteiger partial charge in [-0.25, -0.2) is 0 Å². The van der Waals surface area contributed by atoms with Gasteiger partial charge in [0.25, 0.3) is 5.91 Å². The van der Waals surface area contributed by atoms with Crippen molar-refractivity contribution in [3.63, 3.8) is 0 Å². The SMILES string of the molecule is O=C(c1cc(C(F)(F)F)cc(C(F)(F)F)c1)N1CCC(N2CCOCC2)C(c2ccc(Cl)cc2)C1. The maximum Gasteiger partial charge on any atom is 0.416 e. The fourth-order valence-electron chi connectivity index (χ4n) is 4.77. The summed E-state index contributed by atoms with van der Waals surface area (Å²) in [5, 5.41) is 0.532. The summed E-state index contributed by atoms with van der Waals surface area (Å²) in [5.41, 5.74) is -2.75. The molecule has 0 bridgehead atoms. The van der Waals surface area contributed by atoms with Crippen molar-refractivity contribution in [1.82, 2.24) is 9.80 Å². The van der Waals surface area contributed by atoms with Gasteiger partial charge in [-0.15, -0.1) is 0 Å². The minimum atomic E-state index is -5.02. The first-order valence-electron chi connectivity index (χ1n) is 11.1. The number of hydrogen-bond acceptors (Lipinski definition) is 3. The van der Waals surface area contributed by atoms with Crippen LogP contribution in [0.2, 0.25) is 5.02 Å². The number of morpholine rings is 1. The minimum Gasteiger partial charge on any atom is -0.379 e. The number of likely N-dealkylation sites (tertiary alicyclic amines) is 1. The molecule has 0 aliphatic carbocycles. The highest BCUT2D eigenvalue weighted by atomic mass is 35.5. The third-order valence-electron chi connectivity index (χ3n) is 6.51. The third kappa shape index (κ3) is 5.92. The summed E-state index contributed by atoms with van der Waals surface area (Å²) in [6.07, 6.45) is -9.53. The lowest BCUT2D eigenvalue weighted by molar-refractivity contribution is -0.143. The van der Waals surface area contributed by atoms with Gasteiger partial charge in [-0.05, 0) is 42.3 Å². The first-order valence-corrected chi connectivity index (χ1v) is 11.5. The van der Waals surface area contributed by atoms with Gasteiger partial charge in [0, 0.05) is 48.7 Å². The summed E-state index contributed by atoms with van der Waals surface area (Å²) in [6, 6.07) is 8.15. The minimum absolute atomic E-state index is 0.0258. The van der Waals surface area contributed by atoms with E-state index in [1.807, 2.05) is 12.1 Å². The van der Waals surface area contributed by atoms with E-state index in [2.05, 4.69) is 4.90 Å². The molecule has 190 valence electrons. The highest BCUT2D eigenvalue weighted by molar-refractivity contribution is 6.30. The van der Waals surface area contributed by atoms with Crippen LogP contribution in [-0.4, -0.2) is 61.1 Å². The number of halogens is 7. The lowest BCUT2D eigenvalue weighted by Gasteiger charge is -2.45. The molecule has 2 aromatic carbocycles. The van der Waals surface area contributed by atoms with Crippen LogP contribution >= 0.6 is 11.6 Å². The number of rotatable bonds is 3.